The van der Waals surface area contributed by atoms with Gasteiger partial charge in [0.25, 0.3) is 5.69 Å². The van der Waals surface area contributed by atoms with Gasteiger partial charge in [-0.3, -0.25) is 19.7 Å². The minimum atomic E-state index is -0.470. The minimum Gasteiger partial charge on any atom is -0.362 e. The van der Waals surface area contributed by atoms with Crippen molar-refractivity contribution in [3.05, 3.63) is 57.6 Å². The number of anilines is 2. The summed E-state index contributed by atoms with van der Waals surface area (Å²) in [5.41, 5.74) is 1.22. The van der Waals surface area contributed by atoms with Gasteiger partial charge in [0.1, 0.15) is 5.69 Å². The number of carbonyl (C=O) groups is 2. The average Bonchev–Trinajstić information content (AvgIpc) is 2.74. The van der Waals surface area contributed by atoms with E-state index in [2.05, 4.69) is 5.32 Å². The van der Waals surface area contributed by atoms with Crippen LogP contribution in [0.3, 0.4) is 0 Å². The molecule has 0 radical (unpaired) electrons. The molecule has 1 saturated heterocycles. The second kappa shape index (κ2) is 8.53. The summed E-state index contributed by atoms with van der Waals surface area (Å²) < 4.78 is 0. The molecule has 2 aliphatic rings. The van der Waals surface area contributed by atoms with Crippen LogP contribution in [0.2, 0.25) is 5.02 Å². The normalized spacial score (nSPS) is 18.6. The Labute approximate surface area is 182 Å². The molecule has 0 spiro atoms. The highest BCUT2D eigenvalue weighted by molar-refractivity contribution is 8.01. The van der Waals surface area contributed by atoms with Crippen molar-refractivity contribution < 1.29 is 14.5 Å². The predicted molar refractivity (Wildman–Crippen MR) is 116 cm³/mol. The zero-order valence-electron chi connectivity index (χ0n) is 15.9. The van der Waals surface area contributed by atoms with Crippen LogP contribution in [-0.2, 0) is 9.59 Å². The SMILES string of the molecule is O=C1Nc2ccccc2S[C@@H]1CC(=O)N1CCN(c2ccc(Cl)cc2[N+](=O)[O-])CC1. The Hall–Kier alpha value is -2.78. The number of piperazine rings is 1. The molecule has 0 unspecified atom stereocenters. The highest BCUT2D eigenvalue weighted by Gasteiger charge is 2.32. The molecule has 10 heteroatoms. The standard InChI is InChI=1S/C20H19ClN4O4S/c21-13-5-6-15(16(11-13)25(28)29)23-7-9-24(10-8-23)19(26)12-18-20(27)22-14-3-1-2-4-17(14)30-18/h1-6,11,18H,7-10,12H2,(H,22,27)/t18-/m1/s1. The summed E-state index contributed by atoms with van der Waals surface area (Å²) in [6, 6.07) is 12.1. The van der Waals surface area contributed by atoms with Crippen LogP contribution in [0.4, 0.5) is 17.1 Å². The number of nitrogens with zero attached hydrogens (tertiary/aromatic N) is 3. The van der Waals surface area contributed by atoms with Gasteiger partial charge in [0.2, 0.25) is 11.8 Å². The van der Waals surface area contributed by atoms with Crippen molar-refractivity contribution in [1.82, 2.24) is 4.90 Å². The number of amides is 2. The molecule has 30 heavy (non-hydrogen) atoms. The largest absolute Gasteiger partial charge is 0.362 e. The molecule has 2 aromatic rings. The van der Waals surface area contributed by atoms with Gasteiger partial charge in [-0.2, -0.15) is 0 Å². The first-order valence-electron chi connectivity index (χ1n) is 9.45. The van der Waals surface area contributed by atoms with E-state index in [1.165, 1.54) is 17.8 Å². The molecule has 0 bridgehead atoms. The molecule has 2 amide bonds. The van der Waals surface area contributed by atoms with Crippen LogP contribution in [-0.4, -0.2) is 53.1 Å². The van der Waals surface area contributed by atoms with Crippen molar-refractivity contribution in [3.8, 4) is 0 Å². The van der Waals surface area contributed by atoms with Gasteiger partial charge in [0.05, 0.1) is 15.9 Å². The topological polar surface area (TPSA) is 95.8 Å². The summed E-state index contributed by atoms with van der Waals surface area (Å²) in [5.74, 6) is -0.255. The second-order valence-corrected chi connectivity index (χ2v) is 8.74. The van der Waals surface area contributed by atoms with E-state index in [9.17, 15) is 19.7 Å². The van der Waals surface area contributed by atoms with Crippen molar-refractivity contribution in [2.24, 2.45) is 0 Å². The maximum atomic E-state index is 12.8. The smallest absolute Gasteiger partial charge is 0.294 e. The first-order valence-corrected chi connectivity index (χ1v) is 10.7. The molecule has 0 aromatic heterocycles. The van der Waals surface area contributed by atoms with E-state index < -0.39 is 10.2 Å². The van der Waals surface area contributed by atoms with Crippen LogP contribution in [0, 0.1) is 10.1 Å². The Bertz CT molecular complexity index is 1010. The van der Waals surface area contributed by atoms with E-state index in [1.807, 2.05) is 29.2 Å². The van der Waals surface area contributed by atoms with Crippen molar-refractivity contribution in [2.75, 3.05) is 36.4 Å². The lowest BCUT2D eigenvalue weighted by atomic mass is 10.2. The van der Waals surface area contributed by atoms with Crippen LogP contribution in [0.5, 0.6) is 0 Å². The van der Waals surface area contributed by atoms with E-state index in [-0.39, 0.29) is 23.9 Å². The Balaban J connectivity index is 1.37. The maximum Gasteiger partial charge on any atom is 0.294 e. The van der Waals surface area contributed by atoms with Gasteiger partial charge < -0.3 is 15.1 Å². The first kappa shape index (κ1) is 20.5. The summed E-state index contributed by atoms with van der Waals surface area (Å²) in [6.45, 7) is 1.82. The molecule has 1 fully saturated rings. The van der Waals surface area contributed by atoms with Crippen LogP contribution in [0.15, 0.2) is 47.4 Å². The van der Waals surface area contributed by atoms with Gasteiger partial charge in [0, 0.05) is 48.6 Å². The molecular formula is C20H19ClN4O4S. The summed E-state index contributed by atoms with van der Waals surface area (Å²) in [6.07, 6.45) is 0.117. The number of para-hydroxylation sites is 1. The highest BCUT2D eigenvalue weighted by Crippen LogP contribution is 2.37. The maximum absolute atomic E-state index is 12.8. The number of nitro benzene ring substituents is 1. The number of nitro groups is 1. The lowest BCUT2D eigenvalue weighted by molar-refractivity contribution is -0.384. The third-order valence-electron chi connectivity index (χ3n) is 5.17. The average molecular weight is 447 g/mol. The fourth-order valence-corrected chi connectivity index (χ4v) is 4.89. The zero-order chi connectivity index (χ0) is 21.3. The number of hydrogen-bond donors (Lipinski definition) is 1. The molecule has 1 atom stereocenters. The van der Waals surface area contributed by atoms with Crippen LogP contribution < -0.4 is 10.2 Å². The molecule has 0 saturated carbocycles. The number of thioether (sulfide) groups is 1. The van der Waals surface area contributed by atoms with E-state index in [1.54, 1.807) is 17.0 Å². The number of fused-ring (bicyclic) bond motifs is 1. The molecular weight excluding hydrogens is 428 g/mol. The molecule has 8 nitrogen and oxygen atoms in total. The summed E-state index contributed by atoms with van der Waals surface area (Å²) in [7, 11) is 0. The Kier molecular flexibility index (Phi) is 5.83. The van der Waals surface area contributed by atoms with Crippen molar-refractivity contribution in [2.45, 2.75) is 16.6 Å². The van der Waals surface area contributed by atoms with Gasteiger partial charge in [0.15, 0.2) is 0 Å². The fourth-order valence-electron chi connectivity index (χ4n) is 3.62. The quantitative estimate of drug-likeness (QED) is 0.571. The Morgan fingerprint density at radius 1 is 1.20 bits per heavy atom. The predicted octanol–water partition coefficient (Wildman–Crippen LogP) is 3.40. The first-order chi connectivity index (χ1) is 14.4. The van der Waals surface area contributed by atoms with Crippen molar-refractivity contribution in [3.63, 3.8) is 0 Å². The van der Waals surface area contributed by atoms with E-state index >= 15 is 0 Å². The number of nitrogens with one attached hydrogen (secondary N) is 1. The summed E-state index contributed by atoms with van der Waals surface area (Å²) in [4.78, 5) is 40.6. The number of carbonyl (C=O) groups excluding carboxylic acids is 2. The Morgan fingerprint density at radius 3 is 2.67 bits per heavy atom. The molecule has 1 N–H and O–H groups in total. The van der Waals surface area contributed by atoms with Gasteiger partial charge in [-0.05, 0) is 24.3 Å². The van der Waals surface area contributed by atoms with Crippen LogP contribution >= 0.6 is 23.4 Å². The van der Waals surface area contributed by atoms with E-state index in [0.717, 1.165) is 10.6 Å². The molecule has 2 heterocycles. The van der Waals surface area contributed by atoms with Gasteiger partial charge in [-0.25, -0.2) is 0 Å². The third kappa shape index (κ3) is 4.22. The molecule has 2 aromatic carbocycles. The number of rotatable bonds is 4. The van der Waals surface area contributed by atoms with Crippen LogP contribution in [0.25, 0.3) is 0 Å². The number of hydrogen-bond acceptors (Lipinski definition) is 6. The zero-order valence-corrected chi connectivity index (χ0v) is 17.5. The number of benzene rings is 2. The van der Waals surface area contributed by atoms with E-state index in [0.29, 0.717) is 36.9 Å². The lowest BCUT2D eigenvalue weighted by Gasteiger charge is -2.36. The second-order valence-electron chi connectivity index (χ2n) is 7.05. The lowest BCUT2D eigenvalue weighted by Crippen LogP contribution is -2.50. The summed E-state index contributed by atoms with van der Waals surface area (Å²) in [5, 5.41) is 14.0. The van der Waals surface area contributed by atoms with Gasteiger partial charge in [-0.15, -0.1) is 11.8 Å². The van der Waals surface area contributed by atoms with Gasteiger partial charge >= 0.3 is 0 Å². The highest BCUT2D eigenvalue weighted by atomic mass is 35.5. The Morgan fingerprint density at radius 2 is 1.93 bits per heavy atom. The van der Waals surface area contributed by atoms with Gasteiger partial charge in [-0.1, -0.05) is 23.7 Å². The molecule has 4 rings (SSSR count). The fraction of sp³-hybridized carbons (Fsp3) is 0.300. The number of halogens is 1. The van der Waals surface area contributed by atoms with Crippen molar-refractivity contribution >= 4 is 52.2 Å². The third-order valence-corrected chi connectivity index (χ3v) is 6.68. The summed E-state index contributed by atoms with van der Waals surface area (Å²) >= 11 is 7.29. The van der Waals surface area contributed by atoms with E-state index in [4.69, 9.17) is 11.6 Å². The van der Waals surface area contributed by atoms with Crippen molar-refractivity contribution in [1.29, 1.82) is 0 Å². The molecule has 156 valence electrons. The molecule has 0 aliphatic carbocycles. The van der Waals surface area contributed by atoms with Crippen LogP contribution in [0.1, 0.15) is 6.42 Å². The minimum absolute atomic E-state index is 0.0452. The monoisotopic (exact) mass is 446 g/mol. The molecule has 2 aliphatic heterocycles.